The van der Waals surface area contributed by atoms with Crippen LogP contribution in [0.4, 0.5) is 0 Å². The Balaban J connectivity index is 1.74. The lowest BCUT2D eigenvalue weighted by atomic mass is 10.2. The first-order valence-electron chi connectivity index (χ1n) is 9.00. The SMILES string of the molecule is COc1ccccc1CNC(=O)c1cc(S(=O)(=O)N2CCCCC2)cn1C. The highest BCUT2D eigenvalue weighted by molar-refractivity contribution is 7.89. The van der Waals surface area contributed by atoms with Crippen LogP contribution in [-0.2, 0) is 23.6 Å². The first-order valence-corrected chi connectivity index (χ1v) is 10.4. The van der Waals surface area contributed by atoms with Crippen LogP contribution >= 0.6 is 0 Å². The molecule has 0 saturated carbocycles. The molecule has 2 heterocycles. The summed E-state index contributed by atoms with van der Waals surface area (Å²) in [5, 5.41) is 2.83. The van der Waals surface area contributed by atoms with E-state index in [0.717, 1.165) is 24.8 Å². The Morgan fingerprint density at radius 1 is 1.19 bits per heavy atom. The van der Waals surface area contributed by atoms with Crippen LogP contribution < -0.4 is 10.1 Å². The smallest absolute Gasteiger partial charge is 0.268 e. The fourth-order valence-electron chi connectivity index (χ4n) is 3.27. The van der Waals surface area contributed by atoms with Crippen LogP contribution in [0.1, 0.15) is 35.3 Å². The Kier molecular flexibility index (Phi) is 5.86. The Bertz CT molecular complexity index is 915. The van der Waals surface area contributed by atoms with E-state index in [0.29, 0.717) is 31.1 Å². The summed E-state index contributed by atoms with van der Waals surface area (Å²) in [5.41, 5.74) is 1.16. The van der Waals surface area contributed by atoms with Gasteiger partial charge >= 0.3 is 0 Å². The molecule has 1 amide bonds. The van der Waals surface area contributed by atoms with Gasteiger partial charge in [0.05, 0.1) is 7.11 Å². The van der Waals surface area contributed by atoms with E-state index in [9.17, 15) is 13.2 Å². The van der Waals surface area contributed by atoms with E-state index in [1.165, 1.54) is 16.6 Å². The molecular formula is C19H25N3O4S. The molecule has 8 heteroatoms. The maximum absolute atomic E-state index is 12.8. The van der Waals surface area contributed by atoms with Crippen LogP contribution in [0.2, 0.25) is 0 Å². The number of methoxy groups -OCH3 is 1. The van der Waals surface area contributed by atoms with Crippen molar-refractivity contribution < 1.29 is 17.9 Å². The van der Waals surface area contributed by atoms with Crippen molar-refractivity contribution in [2.75, 3.05) is 20.2 Å². The van der Waals surface area contributed by atoms with Crippen molar-refractivity contribution in [2.24, 2.45) is 7.05 Å². The van der Waals surface area contributed by atoms with Gasteiger partial charge < -0.3 is 14.6 Å². The molecule has 0 bridgehead atoms. The molecule has 1 aliphatic heterocycles. The Morgan fingerprint density at radius 2 is 1.89 bits per heavy atom. The number of hydrogen-bond acceptors (Lipinski definition) is 4. The fourth-order valence-corrected chi connectivity index (χ4v) is 4.86. The van der Waals surface area contributed by atoms with Gasteiger partial charge in [-0.1, -0.05) is 24.6 Å². The van der Waals surface area contributed by atoms with Crippen molar-refractivity contribution in [3.8, 4) is 5.75 Å². The monoisotopic (exact) mass is 391 g/mol. The van der Waals surface area contributed by atoms with Crippen molar-refractivity contribution in [1.29, 1.82) is 0 Å². The van der Waals surface area contributed by atoms with E-state index in [2.05, 4.69) is 5.32 Å². The summed E-state index contributed by atoms with van der Waals surface area (Å²) in [7, 11) is -0.310. The minimum Gasteiger partial charge on any atom is -0.496 e. The van der Waals surface area contributed by atoms with Crippen molar-refractivity contribution in [3.63, 3.8) is 0 Å². The van der Waals surface area contributed by atoms with Crippen molar-refractivity contribution >= 4 is 15.9 Å². The number of rotatable bonds is 6. The van der Waals surface area contributed by atoms with Gasteiger partial charge in [-0.05, 0) is 25.0 Å². The van der Waals surface area contributed by atoms with Crippen LogP contribution in [0.5, 0.6) is 5.75 Å². The van der Waals surface area contributed by atoms with E-state index >= 15 is 0 Å². The summed E-state index contributed by atoms with van der Waals surface area (Å²) in [6.07, 6.45) is 4.30. The van der Waals surface area contributed by atoms with E-state index in [1.807, 2.05) is 24.3 Å². The predicted molar refractivity (Wildman–Crippen MR) is 102 cm³/mol. The minimum atomic E-state index is -3.56. The van der Waals surface area contributed by atoms with E-state index in [1.54, 1.807) is 18.7 Å². The highest BCUT2D eigenvalue weighted by Gasteiger charge is 2.28. The first-order chi connectivity index (χ1) is 12.9. The molecule has 1 aromatic carbocycles. The molecule has 0 radical (unpaired) electrons. The van der Waals surface area contributed by atoms with E-state index in [4.69, 9.17) is 4.74 Å². The van der Waals surface area contributed by atoms with Gasteiger partial charge in [0.25, 0.3) is 5.91 Å². The Hall–Kier alpha value is -2.32. The standard InChI is InChI=1S/C19H25N3O4S/c1-21-14-16(27(24,25)22-10-6-3-7-11-22)12-17(21)19(23)20-13-15-8-4-5-9-18(15)26-2/h4-5,8-9,12,14H,3,6-7,10-11,13H2,1-2H3,(H,20,23). The molecule has 27 heavy (non-hydrogen) atoms. The zero-order valence-electron chi connectivity index (χ0n) is 15.6. The second-order valence-corrected chi connectivity index (χ2v) is 8.57. The highest BCUT2D eigenvalue weighted by atomic mass is 32.2. The van der Waals surface area contributed by atoms with Gasteiger partial charge in [-0.2, -0.15) is 4.31 Å². The average molecular weight is 391 g/mol. The quantitative estimate of drug-likeness (QED) is 0.818. The highest BCUT2D eigenvalue weighted by Crippen LogP contribution is 2.22. The third-order valence-corrected chi connectivity index (χ3v) is 6.66. The van der Waals surface area contributed by atoms with Crippen molar-refractivity contribution in [1.82, 2.24) is 14.2 Å². The van der Waals surface area contributed by atoms with E-state index < -0.39 is 10.0 Å². The summed E-state index contributed by atoms with van der Waals surface area (Å²) in [6, 6.07) is 8.88. The van der Waals surface area contributed by atoms with Gasteiger partial charge in [-0.15, -0.1) is 0 Å². The number of piperidine rings is 1. The Labute approximate surface area is 160 Å². The minimum absolute atomic E-state index is 0.161. The van der Waals surface area contributed by atoms with Gasteiger partial charge in [0.15, 0.2) is 0 Å². The molecule has 1 aliphatic rings. The molecule has 0 spiro atoms. The molecule has 0 unspecified atom stereocenters. The molecule has 1 fully saturated rings. The summed E-state index contributed by atoms with van der Waals surface area (Å²) in [5.74, 6) is 0.363. The largest absolute Gasteiger partial charge is 0.496 e. The number of carbonyl (C=O) groups is 1. The number of nitrogens with zero attached hydrogens (tertiary/aromatic N) is 2. The van der Waals surface area contributed by atoms with Gasteiger partial charge in [-0.3, -0.25) is 4.79 Å². The number of aromatic nitrogens is 1. The molecule has 1 aromatic heterocycles. The number of carbonyl (C=O) groups excluding carboxylic acids is 1. The molecular weight excluding hydrogens is 366 g/mol. The number of ether oxygens (including phenoxy) is 1. The van der Waals surface area contributed by atoms with Crippen LogP contribution in [0, 0.1) is 0 Å². The third kappa shape index (κ3) is 4.17. The van der Waals surface area contributed by atoms with Crippen molar-refractivity contribution in [3.05, 3.63) is 47.8 Å². The number of aryl methyl sites for hydroxylation is 1. The summed E-state index contributed by atoms with van der Waals surface area (Å²) in [4.78, 5) is 12.7. The third-order valence-electron chi connectivity index (χ3n) is 4.80. The summed E-state index contributed by atoms with van der Waals surface area (Å²) >= 11 is 0. The van der Waals surface area contributed by atoms with Gasteiger partial charge in [-0.25, -0.2) is 8.42 Å². The van der Waals surface area contributed by atoms with Gasteiger partial charge in [0.2, 0.25) is 10.0 Å². The van der Waals surface area contributed by atoms with Gasteiger partial charge in [0, 0.05) is 38.4 Å². The van der Waals surface area contributed by atoms with Crippen LogP contribution in [0.15, 0.2) is 41.4 Å². The van der Waals surface area contributed by atoms with Crippen LogP contribution in [-0.4, -0.2) is 43.4 Å². The molecule has 3 rings (SSSR count). The van der Waals surface area contributed by atoms with Crippen LogP contribution in [0.3, 0.4) is 0 Å². The summed E-state index contributed by atoms with van der Waals surface area (Å²) in [6.45, 7) is 1.36. The molecule has 0 aliphatic carbocycles. The number of sulfonamides is 1. The molecule has 7 nitrogen and oxygen atoms in total. The van der Waals surface area contributed by atoms with Crippen molar-refractivity contribution in [2.45, 2.75) is 30.7 Å². The molecule has 2 aromatic rings. The lowest BCUT2D eigenvalue weighted by Crippen LogP contribution is -2.35. The lowest BCUT2D eigenvalue weighted by molar-refractivity contribution is 0.0942. The zero-order valence-corrected chi connectivity index (χ0v) is 16.5. The normalized spacial score (nSPS) is 15.5. The number of para-hydroxylation sites is 1. The van der Waals surface area contributed by atoms with E-state index in [-0.39, 0.29) is 10.8 Å². The van der Waals surface area contributed by atoms with Gasteiger partial charge in [0.1, 0.15) is 16.3 Å². The molecule has 1 N–H and O–H groups in total. The average Bonchev–Trinajstić information content (AvgIpc) is 3.09. The second-order valence-electron chi connectivity index (χ2n) is 6.63. The number of hydrogen-bond donors (Lipinski definition) is 1. The maximum atomic E-state index is 12.8. The predicted octanol–water partition coefficient (Wildman–Crippen LogP) is 2.14. The molecule has 146 valence electrons. The zero-order chi connectivity index (χ0) is 19.4. The summed E-state index contributed by atoms with van der Waals surface area (Å²) < 4.78 is 33.9. The number of amides is 1. The fraction of sp³-hybridized carbons (Fsp3) is 0.421. The topological polar surface area (TPSA) is 80.6 Å². The van der Waals surface area contributed by atoms with Crippen LogP contribution in [0.25, 0.3) is 0 Å². The second kappa shape index (κ2) is 8.14. The Morgan fingerprint density at radius 3 is 2.59 bits per heavy atom. The molecule has 1 saturated heterocycles. The first kappa shape index (κ1) is 19.4. The maximum Gasteiger partial charge on any atom is 0.268 e. The number of benzene rings is 1. The lowest BCUT2D eigenvalue weighted by Gasteiger charge is -2.25. The molecule has 0 atom stereocenters. The number of nitrogens with one attached hydrogen (secondary N) is 1.